The minimum Gasteiger partial charge on any atom is -0.398 e. The quantitative estimate of drug-likeness (QED) is 0.272. The molecular formula is C32H22N2. The number of aromatic nitrogens is 1. The first-order chi connectivity index (χ1) is 16.8. The molecule has 0 amide bonds. The Morgan fingerprint density at radius 1 is 0.412 bits per heavy atom. The number of para-hydroxylation sites is 2. The molecule has 160 valence electrons. The molecule has 1 heterocycles. The van der Waals surface area contributed by atoms with E-state index in [0.29, 0.717) is 0 Å². The summed E-state index contributed by atoms with van der Waals surface area (Å²) in [7, 11) is 0. The lowest BCUT2D eigenvalue weighted by Gasteiger charge is -2.19. The van der Waals surface area contributed by atoms with Crippen LogP contribution < -0.4 is 5.73 Å². The molecule has 0 aliphatic heterocycles. The van der Waals surface area contributed by atoms with Crippen LogP contribution in [0.3, 0.4) is 0 Å². The van der Waals surface area contributed by atoms with Gasteiger partial charge in [0, 0.05) is 27.6 Å². The molecule has 0 spiro atoms. The molecule has 0 unspecified atom stereocenters. The molecule has 0 saturated heterocycles. The van der Waals surface area contributed by atoms with Crippen LogP contribution in [0.15, 0.2) is 121 Å². The number of fused-ring (bicyclic) bond motifs is 5. The summed E-state index contributed by atoms with van der Waals surface area (Å²) in [6.45, 7) is 0. The van der Waals surface area contributed by atoms with Gasteiger partial charge in [0.05, 0.1) is 16.7 Å². The Hall–Kier alpha value is -4.56. The van der Waals surface area contributed by atoms with E-state index in [4.69, 9.17) is 5.73 Å². The van der Waals surface area contributed by atoms with Gasteiger partial charge in [-0.3, -0.25) is 0 Å². The number of nitrogen functional groups attached to an aromatic ring is 1. The van der Waals surface area contributed by atoms with E-state index in [-0.39, 0.29) is 0 Å². The van der Waals surface area contributed by atoms with Crippen LogP contribution in [0.2, 0.25) is 0 Å². The SMILES string of the molecule is Nc1ccc2ccccc2c1-c1c(-n2c3ccccc3c3ccccc32)ccc2ccccc12. The van der Waals surface area contributed by atoms with E-state index in [1.807, 2.05) is 6.07 Å². The molecule has 0 atom stereocenters. The molecule has 6 aromatic carbocycles. The predicted octanol–water partition coefficient (Wildman–Crippen LogP) is 8.34. The summed E-state index contributed by atoms with van der Waals surface area (Å²) in [6.07, 6.45) is 0. The third-order valence-corrected chi connectivity index (χ3v) is 6.94. The summed E-state index contributed by atoms with van der Waals surface area (Å²) >= 11 is 0. The van der Waals surface area contributed by atoms with Crippen molar-refractivity contribution in [1.29, 1.82) is 0 Å². The van der Waals surface area contributed by atoms with Crippen molar-refractivity contribution in [3.63, 3.8) is 0 Å². The Labute approximate surface area is 197 Å². The molecule has 0 aliphatic rings. The van der Waals surface area contributed by atoms with Crippen molar-refractivity contribution in [2.24, 2.45) is 0 Å². The zero-order valence-corrected chi connectivity index (χ0v) is 18.6. The van der Waals surface area contributed by atoms with Gasteiger partial charge in [0.15, 0.2) is 0 Å². The molecule has 2 nitrogen and oxygen atoms in total. The maximum absolute atomic E-state index is 6.75. The minimum atomic E-state index is 0.789. The number of nitrogens with zero attached hydrogens (tertiary/aromatic N) is 1. The number of benzene rings is 6. The van der Waals surface area contributed by atoms with Crippen LogP contribution in [0.1, 0.15) is 0 Å². The van der Waals surface area contributed by atoms with Gasteiger partial charge in [0.25, 0.3) is 0 Å². The van der Waals surface area contributed by atoms with Gasteiger partial charge in [-0.1, -0.05) is 97.1 Å². The lowest BCUT2D eigenvalue weighted by molar-refractivity contribution is 1.19. The highest BCUT2D eigenvalue weighted by molar-refractivity contribution is 6.15. The summed E-state index contributed by atoms with van der Waals surface area (Å²) < 4.78 is 2.40. The molecule has 0 aliphatic carbocycles. The second kappa shape index (κ2) is 7.23. The van der Waals surface area contributed by atoms with Crippen molar-refractivity contribution < 1.29 is 0 Å². The lowest BCUT2D eigenvalue weighted by atomic mass is 9.91. The number of hydrogen-bond acceptors (Lipinski definition) is 1. The van der Waals surface area contributed by atoms with E-state index in [1.165, 1.54) is 48.9 Å². The molecule has 0 saturated carbocycles. The van der Waals surface area contributed by atoms with Gasteiger partial charge in [-0.25, -0.2) is 0 Å². The summed E-state index contributed by atoms with van der Waals surface area (Å²) in [6, 6.07) is 43.0. The van der Waals surface area contributed by atoms with Gasteiger partial charge in [0.2, 0.25) is 0 Å². The molecule has 2 heteroatoms. The maximum Gasteiger partial charge on any atom is 0.0548 e. The number of hydrogen-bond donors (Lipinski definition) is 1. The smallest absolute Gasteiger partial charge is 0.0548 e. The fourth-order valence-electron chi connectivity index (χ4n) is 5.46. The first kappa shape index (κ1) is 19.0. The van der Waals surface area contributed by atoms with Crippen molar-refractivity contribution >= 4 is 49.0 Å². The summed E-state index contributed by atoms with van der Waals surface area (Å²) in [5.41, 5.74) is 13.3. The lowest BCUT2D eigenvalue weighted by Crippen LogP contribution is -2.00. The van der Waals surface area contributed by atoms with Crippen LogP contribution in [-0.4, -0.2) is 4.57 Å². The fraction of sp³-hybridized carbons (Fsp3) is 0. The Kier molecular flexibility index (Phi) is 4.03. The van der Waals surface area contributed by atoms with Gasteiger partial charge in [-0.15, -0.1) is 0 Å². The van der Waals surface area contributed by atoms with E-state index in [0.717, 1.165) is 16.9 Å². The third kappa shape index (κ3) is 2.63. The largest absolute Gasteiger partial charge is 0.398 e. The van der Waals surface area contributed by atoms with Gasteiger partial charge in [-0.05, 0) is 45.8 Å². The summed E-state index contributed by atoms with van der Waals surface area (Å²) in [4.78, 5) is 0. The van der Waals surface area contributed by atoms with E-state index in [9.17, 15) is 0 Å². The van der Waals surface area contributed by atoms with Crippen molar-refractivity contribution in [1.82, 2.24) is 4.57 Å². The third-order valence-electron chi connectivity index (χ3n) is 6.94. The van der Waals surface area contributed by atoms with Gasteiger partial charge in [-0.2, -0.15) is 0 Å². The Bertz CT molecular complexity index is 1820. The van der Waals surface area contributed by atoms with Crippen LogP contribution in [0.25, 0.3) is 60.2 Å². The van der Waals surface area contributed by atoms with Gasteiger partial charge >= 0.3 is 0 Å². The van der Waals surface area contributed by atoms with Crippen LogP contribution in [0.4, 0.5) is 5.69 Å². The average Bonchev–Trinajstić information content (AvgIpc) is 3.23. The molecule has 2 N–H and O–H groups in total. The molecule has 7 aromatic rings. The topological polar surface area (TPSA) is 30.9 Å². The van der Waals surface area contributed by atoms with Crippen molar-refractivity contribution in [3.05, 3.63) is 121 Å². The molecule has 7 rings (SSSR count). The Morgan fingerprint density at radius 2 is 0.882 bits per heavy atom. The number of rotatable bonds is 2. The van der Waals surface area contributed by atoms with Gasteiger partial charge in [0.1, 0.15) is 0 Å². The van der Waals surface area contributed by atoms with Crippen molar-refractivity contribution in [2.45, 2.75) is 0 Å². The minimum absolute atomic E-state index is 0.789. The average molecular weight is 435 g/mol. The molecular weight excluding hydrogens is 412 g/mol. The standard InChI is InChI=1S/C32H22N2/c33-27-19-17-21-9-1-3-11-23(21)31(27)32-24-12-4-2-10-22(24)18-20-30(32)34-28-15-7-5-13-25(28)26-14-6-8-16-29(26)34/h1-20H,33H2. The molecule has 0 radical (unpaired) electrons. The van der Waals surface area contributed by atoms with Crippen molar-refractivity contribution in [2.75, 3.05) is 5.73 Å². The van der Waals surface area contributed by atoms with Crippen LogP contribution in [-0.2, 0) is 0 Å². The summed E-state index contributed by atoms with van der Waals surface area (Å²) in [5.74, 6) is 0. The van der Waals surface area contributed by atoms with Crippen LogP contribution >= 0.6 is 0 Å². The van der Waals surface area contributed by atoms with E-state index >= 15 is 0 Å². The highest BCUT2D eigenvalue weighted by Crippen LogP contribution is 2.44. The van der Waals surface area contributed by atoms with Crippen LogP contribution in [0, 0.1) is 0 Å². The first-order valence-corrected chi connectivity index (χ1v) is 11.6. The Balaban J connectivity index is 1.72. The van der Waals surface area contributed by atoms with Crippen molar-refractivity contribution in [3.8, 4) is 16.8 Å². The monoisotopic (exact) mass is 434 g/mol. The maximum atomic E-state index is 6.75. The zero-order valence-electron chi connectivity index (χ0n) is 18.6. The molecule has 0 fully saturated rings. The zero-order chi connectivity index (χ0) is 22.6. The van der Waals surface area contributed by atoms with E-state index < -0.39 is 0 Å². The summed E-state index contributed by atoms with van der Waals surface area (Å²) in [5, 5.41) is 7.26. The molecule has 34 heavy (non-hydrogen) atoms. The number of anilines is 1. The highest BCUT2D eigenvalue weighted by atomic mass is 15.0. The molecule has 1 aromatic heterocycles. The second-order valence-electron chi connectivity index (χ2n) is 8.80. The highest BCUT2D eigenvalue weighted by Gasteiger charge is 2.20. The normalized spacial score (nSPS) is 11.6. The van der Waals surface area contributed by atoms with Crippen LogP contribution in [0.5, 0.6) is 0 Å². The van der Waals surface area contributed by atoms with E-state index in [1.54, 1.807) is 0 Å². The van der Waals surface area contributed by atoms with Gasteiger partial charge < -0.3 is 10.3 Å². The molecule has 0 bridgehead atoms. The first-order valence-electron chi connectivity index (χ1n) is 11.6. The fourth-order valence-corrected chi connectivity index (χ4v) is 5.46. The van der Waals surface area contributed by atoms with E-state index in [2.05, 4.69) is 120 Å². The predicted molar refractivity (Wildman–Crippen MR) is 146 cm³/mol. The Morgan fingerprint density at radius 3 is 1.50 bits per heavy atom. The second-order valence-corrected chi connectivity index (χ2v) is 8.80. The number of nitrogens with two attached hydrogens (primary N) is 1.